The number of piperidine rings is 1. The fourth-order valence-corrected chi connectivity index (χ4v) is 4.14. The van der Waals surface area contributed by atoms with E-state index in [9.17, 15) is 18.4 Å². The third-order valence-corrected chi connectivity index (χ3v) is 5.73. The van der Waals surface area contributed by atoms with Gasteiger partial charge >= 0.3 is 0 Å². The van der Waals surface area contributed by atoms with E-state index in [1.165, 1.54) is 18.2 Å². The van der Waals surface area contributed by atoms with Crippen LogP contribution >= 0.6 is 0 Å². The molecule has 1 fully saturated rings. The molecule has 1 amide bonds. The number of aldehydes is 1. The van der Waals surface area contributed by atoms with E-state index in [-0.39, 0.29) is 23.8 Å². The fourth-order valence-electron chi connectivity index (χ4n) is 4.14. The van der Waals surface area contributed by atoms with Gasteiger partial charge in [0.25, 0.3) is 0 Å². The number of nitrogens with zero attached hydrogens (tertiary/aromatic N) is 3. The predicted octanol–water partition coefficient (Wildman–Crippen LogP) is 3.84. The highest BCUT2D eigenvalue weighted by molar-refractivity contribution is 5.79. The predicted molar refractivity (Wildman–Crippen MR) is 109 cm³/mol. The van der Waals surface area contributed by atoms with E-state index in [2.05, 4.69) is 4.98 Å². The molecule has 0 spiro atoms. The summed E-state index contributed by atoms with van der Waals surface area (Å²) < 4.78 is 27.7. The molecule has 0 aliphatic carbocycles. The molecule has 1 aliphatic heterocycles. The standard InChI is InChI=1S/C23H27F2N3O2/c1-15-18(6-3-4-13-29)23(27-16(2)26-15)17-9-11-28(12-10-17)22(30)14-19-20(24)7-5-8-21(19)25/h5,7-8,13,17H,3-4,6,9-12,14H2,1-2H3. The first-order valence-corrected chi connectivity index (χ1v) is 10.4. The average Bonchev–Trinajstić information content (AvgIpc) is 2.72. The van der Waals surface area contributed by atoms with Crippen LogP contribution in [-0.2, 0) is 22.4 Å². The van der Waals surface area contributed by atoms with E-state index < -0.39 is 11.6 Å². The largest absolute Gasteiger partial charge is 0.342 e. The number of unbranched alkanes of at least 4 members (excludes halogenated alkanes) is 1. The van der Waals surface area contributed by atoms with Crippen molar-refractivity contribution in [3.05, 3.63) is 58.2 Å². The minimum absolute atomic E-state index is 0.177. The number of rotatable bonds is 7. The highest BCUT2D eigenvalue weighted by Crippen LogP contribution is 2.31. The van der Waals surface area contributed by atoms with Crippen molar-refractivity contribution >= 4 is 12.2 Å². The van der Waals surface area contributed by atoms with Gasteiger partial charge in [0.05, 0.1) is 12.1 Å². The van der Waals surface area contributed by atoms with Crippen LogP contribution in [0.5, 0.6) is 0 Å². The molecule has 0 atom stereocenters. The molecule has 5 nitrogen and oxygen atoms in total. The Morgan fingerprint density at radius 1 is 1.13 bits per heavy atom. The summed E-state index contributed by atoms with van der Waals surface area (Å²) in [7, 11) is 0. The Kier molecular flexibility index (Phi) is 7.24. The van der Waals surface area contributed by atoms with E-state index >= 15 is 0 Å². The summed E-state index contributed by atoms with van der Waals surface area (Å²) in [6.45, 7) is 4.88. The minimum Gasteiger partial charge on any atom is -0.342 e. The molecule has 0 bridgehead atoms. The first-order valence-electron chi connectivity index (χ1n) is 10.4. The number of carbonyl (C=O) groups is 2. The number of hydrogen-bond donors (Lipinski definition) is 0. The summed E-state index contributed by atoms with van der Waals surface area (Å²) >= 11 is 0. The number of aryl methyl sites for hydroxylation is 2. The summed E-state index contributed by atoms with van der Waals surface area (Å²) in [4.78, 5) is 34.1. The van der Waals surface area contributed by atoms with Gasteiger partial charge in [-0.2, -0.15) is 0 Å². The van der Waals surface area contributed by atoms with Crippen molar-refractivity contribution in [1.82, 2.24) is 14.9 Å². The second kappa shape index (κ2) is 9.87. The molecule has 0 unspecified atom stereocenters. The smallest absolute Gasteiger partial charge is 0.227 e. The molecular weight excluding hydrogens is 388 g/mol. The summed E-state index contributed by atoms with van der Waals surface area (Å²) in [6.07, 6.45) is 4.15. The first kappa shape index (κ1) is 22.0. The summed E-state index contributed by atoms with van der Waals surface area (Å²) in [6, 6.07) is 3.64. The lowest BCUT2D eigenvalue weighted by Gasteiger charge is -2.33. The second-order valence-electron chi connectivity index (χ2n) is 7.81. The normalized spacial score (nSPS) is 14.7. The minimum atomic E-state index is -0.690. The molecule has 1 saturated heterocycles. The fraction of sp³-hybridized carbons (Fsp3) is 0.478. The molecule has 2 heterocycles. The van der Waals surface area contributed by atoms with Crippen LogP contribution in [0.1, 0.15) is 59.9 Å². The molecular formula is C23H27F2N3O2. The van der Waals surface area contributed by atoms with Crippen LogP contribution in [0.25, 0.3) is 0 Å². The maximum Gasteiger partial charge on any atom is 0.227 e. The Balaban J connectivity index is 1.68. The van der Waals surface area contributed by atoms with Crippen molar-refractivity contribution < 1.29 is 18.4 Å². The first-order chi connectivity index (χ1) is 14.4. The van der Waals surface area contributed by atoms with E-state index in [0.29, 0.717) is 19.5 Å². The van der Waals surface area contributed by atoms with Crippen LogP contribution < -0.4 is 0 Å². The quantitative estimate of drug-likeness (QED) is 0.509. The van der Waals surface area contributed by atoms with E-state index in [1.807, 2.05) is 13.8 Å². The number of carbonyl (C=O) groups excluding carboxylic acids is 2. The van der Waals surface area contributed by atoms with Gasteiger partial charge in [-0.3, -0.25) is 4.79 Å². The Morgan fingerprint density at radius 3 is 2.43 bits per heavy atom. The summed E-state index contributed by atoms with van der Waals surface area (Å²) in [5.74, 6) is -0.727. The zero-order valence-corrected chi connectivity index (χ0v) is 17.5. The number of hydrogen-bond acceptors (Lipinski definition) is 4. The summed E-state index contributed by atoms with van der Waals surface area (Å²) in [5.41, 5.74) is 2.87. The number of benzene rings is 1. The second-order valence-corrected chi connectivity index (χ2v) is 7.81. The van der Waals surface area contributed by atoms with Gasteiger partial charge in [-0.25, -0.2) is 18.7 Å². The van der Waals surface area contributed by atoms with E-state index in [4.69, 9.17) is 4.98 Å². The molecule has 3 rings (SSSR count). The van der Waals surface area contributed by atoms with Crippen LogP contribution in [-0.4, -0.2) is 40.2 Å². The Bertz CT molecular complexity index is 905. The number of halogens is 2. The number of aromatic nitrogens is 2. The lowest BCUT2D eigenvalue weighted by atomic mass is 9.88. The van der Waals surface area contributed by atoms with Crippen molar-refractivity contribution in [3.8, 4) is 0 Å². The van der Waals surface area contributed by atoms with E-state index in [1.54, 1.807) is 4.90 Å². The topological polar surface area (TPSA) is 63.2 Å². The Morgan fingerprint density at radius 2 is 1.80 bits per heavy atom. The molecule has 1 aliphatic rings. The number of likely N-dealkylation sites (tertiary alicyclic amines) is 1. The SMILES string of the molecule is Cc1nc(C)c(CCCC=O)c(C2CCN(C(=O)Cc3c(F)cccc3F)CC2)n1. The van der Waals surface area contributed by atoms with Crippen molar-refractivity contribution in [2.75, 3.05) is 13.1 Å². The van der Waals surface area contributed by atoms with Crippen LogP contribution in [0, 0.1) is 25.5 Å². The third-order valence-electron chi connectivity index (χ3n) is 5.73. The molecule has 1 aromatic carbocycles. The van der Waals surface area contributed by atoms with Crippen LogP contribution in [0.3, 0.4) is 0 Å². The molecule has 1 aromatic heterocycles. The molecule has 160 valence electrons. The lowest BCUT2D eigenvalue weighted by molar-refractivity contribution is -0.131. The van der Waals surface area contributed by atoms with Gasteiger partial charge in [0, 0.05) is 36.7 Å². The molecule has 0 saturated carbocycles. The van der Waals surface area contributed by atoms with Crippen molar-refractivity contribution in [2.24, 2.45) is 0 Å². The Hall–Kier alpha value is -2.70. The van der Waals surface area contributed by atoms with Gasteiger partial charge in [0.1, 0.15) is 23.7 Å². The zero-order chi connectivity index (χ0) is 21.7. The zero-order valence-electron chi connectivity index (χ0n) is 17.5. The molecule has 30 heavy (non-hydrogen) atoms. The Labute approximate surface area is 175 Å². The molecule has 7 heteroatoms. The van der Waals surface area contributed by atoms with Gasteiger partial charge in [-0.1, -0.05) is 6.07 Å². The van der Waals surface area contributed by atoms with Crippen LogP contribution in [0.15, 0.2) is 18.2 Å². The monoisotopic (exact) mass is 415 g/mol. The van der Waals surface area contributed by atoms with Crippen LogP contribution in [0.4, 0.5) is 8.78 Å². The highest BCUT2D eigenvalue weighted by Gasteiger charge is 2.28. The van der Waals surface area contributed by atoms with Crippen molar-refractivity contribution in [3.63, 3.8) is 0 Å². The lowest BCUT2D eigenvalue weighted by Crippen LogP contribution is -2.39. The van der Waals surface area contributed by atoms with Gasteiger partial charge in [-0.15, -0.1) is 0 Å². The van der Waals surface area contributed by atoms with Crippen LogP contribution in [0.2, 0.25) is 0 Å². The van der Waals surface area contributed by atoms with Crippen molar-refractivity contribution in [1.29, 1.82) is 0 Å². The maximum atomic E-state index is 13.9. The highest BCUT2D eigenvalue weighted by atomic mass is 19.1. The van der Waals surface area contributed by atoms with E-state index in [0.717, 1.165) is 54.7 Å². The van der Waals surface area contributed by atoms with Gasteiger partial charge in [0.15, 0.2) is 0 Å². The maximum absolute atomic E-state index is 13.9. The van der Waals surface area contributed by atoms with Gasteiger partial charge in [0.2, 0.25) is 5.91 Å². The third kappa shape index (κ3) is 5.07. The van der Waals surface area contributed by atoms with Gasteiger partial charge < -0.3 is 9.69 Å². The summed E-state index contributed by atoms with van der Waals surface area (Å²) in [5, 5.41) is 0. The van der Waals surface area contributed by atoms with Crippen molar-refractivity contribution in [2.45, 2.75) is 58.3 Å². The van der Waals surface area contributed by atoms with Gasteiger partial charge in [-0.05, 0) is 57.2 Å². The average molecular weight is 415 g/mol. The molecule has 2 aromatic rings. The molecule has 0 N–H and O–H groups in total. The molecule has 0 radical (unpaired) electrons. The number of amides is 1.